The highest BCUT2D eigenvalue weighted by Gasteiger charge is 2.28. The standard InChI is InChI=1S/C13H13ClO3/c1-13(2,12(15)16)7-10-6-8-5-9(14)3-4-11(8)17-10/h3-6H,7H2,1-2H3,(H,15,16). The molecule has 0 aliphatic heterocycles. The fourth-order valence-corrected chi connectivity index (χ4v) is 1.85. The van der Waals surface area contributed by atoms with Crippen LogP contribution in [0.1, 0.15) is 19.6 Å². The Morgan fingerprint density at radius 1 is 1.41 bits per heavy atom. The summed E-state index contributed by atoms with van der Waals surface area (Å²) in [7, 11) is 0. The molecule has 0 saturated heterocycles. The Balaban J connectivity index is 2.34. The molecule has 1 N–H and O–H groups in total. The van der Waals surface area contributed by atoms with Gasteiger partial charge in [0.15, 0.2) is 0 Å². The molecule has 0 aliphatic carbocycles. The molecule has 0 unspecified atom stereocenters. The van der Waals surface area contributed by atoms with E-state index in [1.165, 1.54) is 0 Å². The summed E-state index contributed by atoms with van der Waals surface area (Å²) >= 11 is 5.88. The summed E-state index contributed by atoms with van der Waals surface area (Å²) in [6.45, 7) is 3.35. The summed E-state index contributed by atoms with van der Waals surface area (Å²) in [5.74, 6) is -0.175. The monoisotopic (exact) mass is 252 g/mol. The molecule has 0 aliphatic rings. The number of benzene rings is 1. The Morgan fingerprint density at radius 2 is 2.12 bits per heavy atom. The zero-order valence-corrected chi connectivity index (χ0v) is 10.4. The minimum Gasteiger partial charge on any atom is -0.481 e. The molecule has 0 atom stereocenters. The van der Waals surface area contributed by atoms with Crippen LogP contribution < -0.4 is 0 Å². The second-order valence-electron chi connectivity index (χ2n) is 4.76. The molecule has 0 spiro atoms. The third-order valence-electron chi connectivity index (χ3n) is 2.72. The molecule has 90 valence electrons. The highest BCUT2D eigenvalue weighted by Crippen LogP contribution is 2.28. The number of hydrogen-bond donors (Lipinski definition) is 1. The summed E-state index contributed by atoms with van der Waals surface area (Å²) in [6, 6.07) is 7.18. The first kappa shape index (κ1) is 12.0. The van der Waals surface area contributed by atoms with E-state index in [-0.39, 0.29) is 0 Å². The largest absolute Gasteiger partial charge is 0.481 e. The van der Waals surface area contributed by atoms with Crippen LogP contribution in [0.3, 0.4) is 0 Å². The van der Waals surface area contributed by atoms with Crippen LogP contribution in [-0.4, -0.2) is 11.1 Å². The molecule has 2 rings (SSSR count). The van der Waals surface area contributed by atoms with E-state index in [1.807, 2.05) is 6.07 Å². The quantitative estimate of drug-likeness (QED) is 0.905. The first-order valence-electron chi connectivity index (χ1n) is 5.30. The molecule has 0 amide bonds. The highest BCUT2D eigenvalue weighted by molar-refractivity contribution is 6.31. The molecule has 17 heavy (non-hydrogen) atoms. The van der Waals surface area contributed by atoms with E-state index in [4.69, 9.17) is 21.1 Å². The van der Waals surface area contributed by atoms with E-state index in [0.717, 1.165) is 11.0 Å². The number of halogens is 1. The third kappa shape index (κ3) is 2.44. The average molecular weight is 253 g/mol. The number of furan rings is 1. The number of fused-ring (bicyclic) bond motifs is 1. The Kier molecular flexibility index (Phi) is 2.87. The fourth-order valence-electron chi connectivity index (χ4n) is 1.67. The number of carbonyl (C=O) groups is 1. The lowest BCUT2D eigenvalue weighted by Gasteiger charge is -2.16. The van der Waals surface area contributed by atoms with Crippen molar-refractivity contribution in [3.8, 4) is 0 Å². The Hall–Kier alpha value is -1.48. The van der Waals surface area contributed by atoms with E-state index >= 15 is 0 Å². The van der Waals surface area contributed by atoms with Crippen molar-refractivity contribution < 1.29 is 14.3 Å². The average Bonchev–Trinajstić information content (AvgIpc) is 2.57. The zero-order chi connectivity index (χ0) is 12.6. The number of aliphatic carboxylic acids is 1. The third-order valence-corrected chi connectivity index (χ3v) is 2.96. The van der Waals surface area contributed by atoms with E-state index in [9.17, 15) is 4.79 Å². The van der Waals surface area contributed by atoms with Crippen molar-refractivity contribution in [1.82, 2.24) is 0 Å². The number of hydrogen-bond acceptors (Lipinski definition) is 2. The lowest BCUT2D eigenvalue weighted by Crippen LogP contribution is -2.25. The van der Waals surface area contributed by atoms with Gasteiger partial charge in [-0.2, -0.15) is 0 Å². The van der Waals surface area contributed by atoms with Gasteiger partial charge >= 0.3 is 5.97 Å². The van der Waals surface area contributed by atoms with E-state index < -0.39 is 11.4 Å². The Labute approximate surface area is 104 Å². The molecular weight excluding hydrogens is 240 g/mol. The van der Waals surface area contributed by atoms with Gasteiger partial charge in [0.05, 0.1) is 5.41 Å². The molecule has 2 aromatic rings. The molecule has 4 heteroatoms. The van der Waals surface area contributed by atoms with Gasteiger partial charge in [0.2, 0.25) is 0 Å². The van der Waals surface area contributed by atoms with Gasteiger partial charge in [-0.05, 0) is 38.1 Å². The van der Waals surface area contributed by atoms with Crippen LogP contribution >= 0.6 is 11.6 Å². The highest BCUT2D eigenvalue weighted by atomic mass is 35.5. The minimum atomic E-state index is -0.837. The van der Waals surface area contributed by atoms with Crippen LogP contribution in [0.25, 0.3) is 11.0 Å². The number of carboxylic acid groups (broad SMARTS) is 1. The van der Waals surface area contributed by atoms with Crippen molar-refractivity contribution in [3.05, 3.63) is 35.0 Å². The maximum Gasteiger partial charge on any atom is 0.309 e. The van der Waals surface area contributed by atoms with Crippen molar-refractivity contribution in [2.24, 2.45) is 5.41 Å². The molecule has 0 bridgehead atoms. The summed E-state index contributed by atoms with van der Waals surface area (Å²) in [6.07, 6.45) is 0.356. The van der Waals surface area contributed by atoms with E-state index in [0.29, 0.717) is 17.2 Å². The van der Waals surface area contributed by atoms with Gasteiger partial charge in [0.1, 0.15) is 11.3 Å². The van der Waals surface area contributed by atoms with Gasteiger partial charge in [-0.1, -0.05) is 11.6 Å². The predicted octanol–water partition coefficient (Wildman–Crippen LogP) is 3.74. The Bertz CT molecular complexity index is 569. The van der Waals surface area contributed by atoms with Crippen molar-refractivity contribution in [3.63, 3.8) is 0 Å². The van der Waals surface area contributed by atoms with Gasteiger partial charge in [-0.25, -0.2) is 0 Å². The van der Waals surface area contributed by atoms with Crippen LogP contribution in [0.2, 0.25) is 5.02 Å². The lowest BCUT2D eigenvalue weighted by atomic mass is 9.88. The molecule has 1 aromatic carbocycles. The second kappa shape index (κ2) is 4.08. The molecule has 0 saturated carbocycles. The van der Waals surface area contributed by atoms with E-state index in [1.54, 1.807) is 32.0 Å². The van der Waals surface area contributed by atoms with Gasteiger partial charge < -0.3 is 9.52 Å². The van der Waals surface area contributed by atoms with Crippen LogP contribution in [0.15, 0.2) is 28.7 Å². The first-order chi connectivity index (χ1) is 7.88. The van der Waals surface area contributed by atoms with Crippen molar-refractivity contribution in [1.29, 1.82) is 0 Å². The van der Waals surface area contributed by atoms with Crippen molar-refractivity contribution >= 4 is 28.5 Å². The van der Waals surface area contributed by atoms with Crippen molar-refractivity contribution in [2.45, 2.75) is 20.3 Å². The smallest absolute Gasteiger partial charge is 0.309 e. The second-order valence-corrected chi connectivity index (χ2v) is 5.20. The Morgan fingerprint density at radius 3 is 2.76 bits per heavy atom. The number of carboxylic acids is 1. The first-order valence-corrected chi connectivity index (χ1v) is 5.68. The van der Waals surface area contributed by atoms with Gasteiger partial charge in [0, 0.05) is 16.8 Å². The molecular formula is C13H13ClO3. The van der Waals surface area contributed by atoms with Gasteiger partial charge in [-0.3, -0.25) is 4.79 Å². The normalized spacial score (nSPS) is 11.9. The fraction of sp³-hybridized carbons (Fsp3) is 0.308. The SMILES string of the molecule is CC(C)(Cc1cc2cc(Cl)ccc2o1)C(=O)O. The maximum absolute atomic E-state index is 11.0. The predicted molar refractivity (Wildman–Crippen MR) is 66.3 cm³/mol. The van der Waals surface area contributed by atoms with E-state index in [2.05, 4.69) is 0 Å². The van der Waals surface area contributed by atoms with Gasteiger partial charge in [-0.15, -0.1) is 0 Å². The molecule has 1 aromatic heterocycles. The lowest BCUT2D eigenvalue weighted by molar-refractivity contribution is -0.147. The summed E-state index contributed by atoms with van der Waals surface area (Å²) in [5, 5.41) is 10.6. The molecule has 0 radical (unpaired) electrons. The van der Waals surface area contributed by atoms with Crippen LogP contribution in [-0.2, 0) is 11.2 Å². The molecule has 1 heterocycles. The summed E-state index contributed by atoms with van der Waals surface area (Å²) in [4.78, 5) is 11.0. The molecule has 0 fully saturated rings. The summed E-state index contributed by atoms with van der Waals surface area (Å²) in [5.41, 5.74) is -0.108. The molecule has 3 nitrogen and oxygen atoms in total. The van der Waals surface area contributed by atoms with Crippen LogP contribution in [0.5, 0.6) is 0 Å². The van der Waals surface area contributed by atoms with Crippen LogP contribution in [0.4, 0.5) is 0 Å². The maximum atomic E-state index is 11.0. The van der Waals surface area contributed by atoms with Crippen LogP contribution in [0, 0.1) is 5.41 Å². The zero-order valence-electron chi connectivity index (χ0n) is 9.66. The summed E-state index contributed by atoms with van der Waals surface area (Å²) < 4.78 is 5.59. The van der Waals surface area contributed by atoms with Gasteiger partial charge in [0.25, 0.3) is 0 Å². The topological polar surface area (TPSA) is 50.4 Å². The number of rotatable bonds is 3. The minimum absolute atomic E-state index is 0.356. The van der Waals surface area contributed by atoms with Crippen molar-refractivity contribution in [2.75, 3.05) is 0 Å².